The highest BCUT2D eigenvalue weighted by molar-refractivity contribution is 5.97. The Morgan fingerprint density at radius 1 is 1.12 bits per heavy atom. The fourth-order valence-corrected chi connectivity index (χ4v) is 2.00. The van der Waals surface area contributed by atoms with Crippen molar-refractivity contribution in [3.05, 3.63) is 53.3 Å². The minimum absolute atomic E-state index is 0.114. The van der Waals surface area contributed by atoms with Gasteiger partial charge in [-0.05, 0) is 50.1 Å². The Morgan fingerprint density at radius 2 is 1.81 bits per heavy atom. The summed E-state index contributed by atoms with van der Waals surface area (Å²) in [7, 11) is 0. The van der Waals surface area contributed by atoms with E-state index in [1.807, 2.05) is 19.9 Å². The van der Waals surface area contributed by atoms with Gasteiger partial charge < -0.3 is 10.1 Å². The molecule has 0 unspecified atom stereocenters. The number of hydrogen-bond acceptors (Lipinski definition) is 6. The van der Waals surface area contributed by atoms with Crippen molar-refractivity contribution in [2.45, 2.75) is 26.9 Å². The van der Waals surface area contributed by atoms with E-state index in [-0.39, 0.29) is 18.4 Å². The van der Waals surface area contributed by atoms with E-state index in [2.05, 4.69) is 20.6 Å². The number of amides is 2. The summed E-state index contributed by atoms with van der Waals surface area (Å²) in [6, 6.07) is 6.86. The number of ether oxygens (including phenoxy) is 1. The van der Waals surface area contributed by atoms with Crippen LogP contribution in [-0.4, -0.2) is 40.4 Å². The summed E-state index contributed by atoms with van der Waals surface area (Å²) in [6.07, 6.45) is 1.90. The van der Waals surface area contributed by atoms with Crippen LogP contribution in [0.1, 0.15) is 28.4 Å². The Morgan fingerprint density at radius 3 is 2.46 bits per heavy atom. The number of hydrogen-bond donors (Lipinski definition) is 2. The van der Waals surface area contributed by atoms with Crippen LogP contribution < -0.4 is 10.6 Å². The highest BCUT2D eigenvalue weighted by Crippen LogP contribution is 2.09. The van der Waals surface area contributed by atoms with Gasteiger partial charge in [0.1, 0.15) is 6.54 Å². The van der Waals surface area contributed by atoms with Gasteiger partial charge in [-0.3, -0.25) is 19.7 Å². The van der Waals surface area contributed by atoms with E-state index in [1.165, 1.54) is 19.3 Å². The van der Waals surface area contributed by atoms with Crippen LogP contribution in [0, 0.1) is 13.8 Å². The molecule has 1 heterocycles. The fraction of sp³-hybridized carbons (Fsp3) is 0.278. The normalized spacial score (nSPS) is 11.3. The molecule has 2 amide bonds. The Labute approximate surface area is 151 Å². The lowest BCUT2D eigenvalue weighted by molar-refractivity contribution is -0.152. The number of carbonyl (C=O) groups excluding carboxylic acids is 3. The summed E-state index contributed by atoms with van der Waals surface area (Å²) < 4.78 is 4.99. The van der Waals surface area contributed by atoms with E-state index < -0.39 is 18.0 Å². The molecule has 1 aromatic heterocycles. The average Bonchev–Trinajstić information content (AvgIpc) is 2.62. The zero-order valence-corrected chi connectivity index (χ0v) is 14.8. The molecule has 2 rings (SSSR count). The third-order valence-corrected chi connectivity index (χ3v) is 3.64. The summed E-state index contributed by atoms with van der Waals surface area (Å²) in [4.78, 5) is 43.5. The van der Waals surface area contributed by atoms with Crippen LogP contribution in [0.3, 0.4) is 0 Å². The van der Waals surface area contributed by atoms with Crippen molar-refractivity contribution in [1.29, 1.82) is 0 Å². The SMILES string of the molecule is Cc1ccc(C(=O)NCC(=O)O[C@H](C)C(=O)Nc2ncccn2)cc1C. The molecule has 0 aliphatic rings. The molecule has 0 aliphatic heterocycles. The highest BCUT2D eigenvalue weighted by atomic mass is 16.5. The average molecular weight is 356 g/mol. The first-order valence-electron chi connectivity index (χ1n) is 7.99. The van der Waals surface area contributed by atoms with E-state index >= 15 is 0 Å². The lowest BCUT2D eigenvalue weighted by Gasteiger charge is -2.13. The van der Waals surface area contributed by atoms with Crippen molar-refractivity contribution in [2.24, 2.45) is 0 Å². The third-order valence-electron chi connectivity index (χ3n) is 3.64. The van der Waals surface area contributed by atoms with Gasteiger partial charge in [-0.1, -0.05) is 6.07 Å². The number of carbonyl (C=O) groups is 3. The van der Waals surface area contributed by atoms with Crippen LogP contribution in [0.25, 0.3) is 0 Å². The number of aryl methyl sites for hydroxylation is 2. The van der Waals surface area contributed by atoms with E-state index in [1.54, 1.807) is 18.2 Å². The lowest BCUT2D eigenvalue weighted by atomic mass is 10.1. The van der Waals surface area contributed by atoms with E-state index in [0.717, 1.165) is 11.1 Å². The molecule has 8 nitrogen and oxygen atoms in total. The Kier molecular flexibility index (Phi) is 6.37. The van der Waals surface area contributed by atoms with Crippen molar-refractivity contribution in [2.75, 3.05) is 11.9 Å². The maximum Gasteiger partial charge on any atom is 0.326 e. The second-order valence-electron chi connectivity index (χ2n) is 5.68. The van der Waals surface area contributed by atoms with Gasteiger partial charge in [0.15, 0.2) is 6.10 Å². The molecule has 2 N–H and O–H groups in total. The van der Waals surface area contributed by atoms with Gasteiger partial charge in [0.05, 0.1) is 0 Å². The molecule has 0 saturated carbocycles. The maximum atomic E-state index is 12.1. The van der Waals surface area contributed by atoms with Crippen LogP contribution >= 0.6 is 0 Å². The molecule has 0 saturated heterocycles. The zero-order chi connectivity index (χ0) is 19.1. The molecule has 8 heteroatoms. The van der Waals surface area contributed by atoms with Gasteiger partial charge >= 0.3 is 5.97 Å². The van der Waals surface area contributed by atoms with Gasteiger partial charge in [-0.25, -0.2) is 9.97 Å². The van der Waals surface area contributed by atoms with Crippen molar-refractivity contribution in [1.82, 2.24) is 15.3 Å². The standard InChI is InChI=1S/C18H20N4O4/c1-11-5-6-14(9-12(11)2)17(25)21-10-15(23)26-13(3)16(24)22-18-19-7-4-8-20-18/h4-9,13H,10H2,1-3H3,(H,21,25)(H,19,20,22,24)/t13-/m1/s1. The predicted molar refractivity (Wildman–Crippen MR) is 94.5 cm³/mol. The van der Waals surface area contributed by atoms with Crippen LogP contribution in [-0.2, 0) is 14.3 Å². The Hall–Kier alpha value is -3.29. The number of benzene rings is 1. The molecule has 0 aliphatic carbocycles. The number of anilines is 1. The van der Waals surface area contributed by atoms with Crippen molar-refractivity contribution < 1.29 is 19.1 Å². The molecule has 2 aromatic rings. The van der Waals surface area contributed by atoms with Gasteiger partial charge in [0.25, 0.3) is 11.8 Å². The second-order valence-corrected chi connectivity index (χ2v) is 5.68. The second kappa shape index (κ2) is 8.70. The topological polar surface area (TPSA) is 110 Å². The van der Waals surface area contributed by atoms with Crippen LogP contribution in [0.5, 0.6) is 0 Å². The smallest absolute Gasteiger partial charge is 0.326 e. The van der Waals surface area contributed by atoms with Crippen molar-refractivity contribution >= 4 is 23.7 Å². The number of aromatic nitrogens is 2. The molecule has 0 spiro atoms. The van der Waals surface area contributed by atoms with Crippen LogP contribution in [0.15, 0.2) is 36.7 Å². The quantitative estimate of drug-likeness (QED) is 0.757. The minimum Gasteiger partial charge on any atom is -0.451 e. The summed E-state index contributed by atoms with van der Waals surface area (Å²) in [6.45, 7) is 4.92. The first kappa shape index (κ1) is 19.0. The largest absolute Gasteiger partial charge is 0.451 e. The molecule has 0 fully saturated rings. The van der Waals surface area contributed by atoms with E-state index in [9.17, 15) is 14.4 Å². The van der Waals surface area contributed by atoms with E-state index in [0.29, 0.717) is 5.56 Å². The molecular weight excluding hydrogens is 336 g/mol. The minimum atomic E-state index is -1.05. The molecule has 0 radical (unpaired) electrons. The first-order chi connectivity index (χ1) is 12.4. The molecule has 26 heavy (non-hydrogen) atoms. The molecular formula is C18H20N4O4. The summed E-state index contributed by atoms with van der Waals surface area (Å²) >= 11 is 0. The highest BCUT2D eigenvalue weighted by Gasteiger charge is 2.19. The van der Waals surface area contributed by atoms with Crippen molar-refractivity contribution in [3.8, 4) is 0 Å². The molecule has 1 atom stereocenters. The number of nitrogens with zero attached hydrogens (tertiary/aromatic N) is 2. The fourth-order valence-electron chi connectivity index (χ4n) is 2.00. The Balaban J connectivity index is 1.81. The summed E-state index contributed by atoms with van der Waals surface area (Å²) in [5, 5.41) is 4.89. The van der Waals surface area contributed by atoms with Gasteiger partial charge in [-0.15, -0.1) is 0 Å². The summed E-state index contributed by atoms with van der Waals surface area (Å²) in [5.41, 5.74) is 2.50. The predicted octanol–water partition coefficient (Wildman–Crippen LogP) is 1.39. The maximum absolute atomic E-state index is 12.1. The Bertz CT molecular complexity index is 808. The lowest BCUT2D eigenvalue weighted by Crippen LogP contribution is -2.36. The number of nitrogens with one attached hydrogen (secondary N) is 2. The molecule has 0 bridgehead atoms. The van der Waals surface area contributed by atoms with Gasteiger partial charge in [0.2, 0.25) is 5.95 Å². The first-order valence-corrected chi connectivity index (χ1v) is 7.99. The molecule has 136 valence electrons. The zero-order valence-electron chi connectivity index (χ0n) is 14.8. The van der Waals surface area contributed by atoms with Crippen LogP contribution in [0.2, 0.25) is 0 Å². The van der Waals surface area contributed by atoms with E-state index in [4.69, 9.17) is 4.74 Å². The van der Waals surface area contributed by atoms with Gasteiger partial charge in [-0.2, -0.15) is 0 Å². The van der Waals surface area contributed by atoms with Crippen molar-refractivity contribution in [3.63, 3.8) is 0 Å². The summed E-state index contributed by atoms with van der Waals surface area (Å²) in [5.74, 6) is -1.56. The monoisotopic (exact) mass is 356 g/mol. The van der Waals surface area contributed by atoms with Crippen LogP contribution in [0.4, 0.5) is 5.95 Å². The number of rotatable bonds is 6. The number of esters is 1. The third kappa shape index (κ3) is 5.37. The molecule has 1 aromatic carbocycles. The van der Waals surface area contributed by atoms with Gasteiger partial charge in [0, 0.05) is 18.0 Å².